The van der Waals surface area contributed by atoms with Gasteiger partial charge in [0.1, 0.15) is 17.2 Å². The standard InChI is InChI=1S/C14H17BrFNO/c1-8(2)6-17-7-13-9(3)11-4-10(16)5-12(15)14(11)18-13/h4-5,8,17H,6-7H2,1-3H3. The lowest BCUT2D eigenvalue weighted by Gasteiger charge is -2.05. The third kappa shape index (κ3) is 2.75. The van der Waals surface area contributed by atoms with E-state index in [2.05, 4.69) is 35.1 Å². The van der Waals surface area contributed by atoms with Crippen molar-refractivity contribution in [1.29, 1.82) is 0 Å². The minimum atomic E-state index is -0.250. The Morgan fingerprint density at radius 2 is 2.11 bits per heavy atom. The Morgan fingerprint density at radius 3 is 2.78 bits per heavy atom. The van der Waals surface area contributed by atoms with Crippen LogP contribution in [0.25, 0.3) is 11.0 Å². The third-order valence-corrected chi connectivity index (χ3v) is 3.48. The van der Waals surface area contributed by atoms with E-state index in [9.17, 15) is 4.39 Å². The summed E-state index contributed by atoms with van der Waals surface area (Å²) in [5, 5.41) is 4.17. The van der Waals surface area contributed by atoms with E-state index < -0.39 is 0 Å². The van der Waals surface area contributed by atoms with Crippen LogP contribution in [-0.2, 0) is 6.54 Å². The van der Waals surface area contributed by atoms with Crippen molar-refractivity contribution in [2.45, 2.75) is 27.3 Å². The van der Waals surface area contributed by atoms with Gasteiger partial charge in [-0.3, -0.25) is 0 Å². The van der Waals surface area contributed by atoms with E-state index in [0.717, 1.165) is 28.8 Å². The molecule has 0 saturated heterocycles. The van der Waals surface area contributed by atoms with E-state index in [-0.39, 0.29) is 5.82 Å². The molecule has 0 fully saturated rings. The zero-order valence-electron chi connectivity index (χ0n) is 10.8. The second kappa shape index (κ2) is 5.41. The molecule has 0 spiro atoms. The van der Waals surface area contributed by atoms with Crippen molar-refractivity contribution in [3.05, 3.63) is 33.7 Å². The van der Waals surface area contributed by atoms with E-state index in [1.165, 1.54) is 12.1 Å². The van der Waals surface area contributed by atoms with Gasteiger partial charge in [-0.2, -0.15) is 0 Å². The summed E-state index contributed by atoms with van der Waals surface area (Å²) >= 11 is 3.33. The van der Waals surface area contributed by atoms with Crippen molar-refractivity contribution >= 4 is 26.9 Å². The van der Waals surface area contributed by atoms with Crippen LogP contribution in [0.5, 0.6) is 0 Å². The van der Waals surface area contributed by atoms with Crippen LogP contribution in [-0.4, -0.2) is 6.54 Å². The van der Waals surface area contributed by atoms with Crippen molar-refractivity contribution in [3.8, 4) is 0 Å². The van der Waals surface area contributed by atoms with Crippen molar-refractivity contribution in [2.75, 3.05) is 6.54 Å². The topological polar surface area (TPSA) is 25.2 Å². The minimum absolute atomic E-state index is 0.250. The Kier molecular flexibility index (Phi) is 4.07. The lowest BCUT2D eigenvalue weighted by molar-refractivity contribution is 0.482. The van der Waals surface area contributed by atoms with Crippen LogP contribution in [0.3, 0.4) is 0 Å². The number of rotatable bonds is 4. The van der Waals surface area contributed by atoms with Crippen LogP contribution in [0.4, 0.5) is 4.39 Å². The van der Waals surface area contributed by atoms with Crippen molar-refractivity contribution in [3.63, 3.8) is 0 Å². The van der Waals surface area contributed by atoms with E-state index in [1.54, 1.807) is 0 Å². The molecule has 1 aromatic heterocycles. The number of fused-ring (bicyclic) bond motifs is 1. The smallest absolute Gasteiger partial charge is 0.149 e. The second-order valence-electron chi connectivity index (χ2n) is 4.94. The van der Waals surface area contributed by atoms with Gasteiger partial charge in [0.15, 0.2) is 0 Å². The zero-order valence-corrected chi connectivity index (χ0v) is 12.4. The number of aryl methyl sites for hydroxylation is 1. The maximum absolute atomic E-state index is 13.4. The Labute approximate surface area is 115 Å². The molecule has 2 nitrogen and oxygen atoms in total. The largest absolute Gasteiger partial charge is 0.458 e. The summed E-state index contributed by atoms with van der Waals surface area (Å²) in [5.41, 5.74) is 1.72. The summed E-state index contributed by atoms with van der Waals surface area (Å²) in [4.78, 5) is 0. The summed E-state index contributed by atoms with van der Waals surface area (Å²) in [6, 6.07) is 2.95. The highest BCUT2D eigenvalue weighted by Gasteiger charge is 2.14. The lowest BCUT2D eigenvalue weighted by atomic mass is 10.1. The SMILES string of the molecule is Cc1c(CNCC(C)C)oc2c(Br)cc(F)cc12. The number of halogens is 2. The number of benzene rings is 1. The van der Waals surface area contributed by atoms with Crippen molar-refractivity contribution < 1.29 is 8.81 Å². The molecule has 0 saturated carbocycles. The second-order valence-corrected chi connectivity index (χ2v) is 5.79. The molecule has 0 bridgehead atoms. The fraction of sp³-hybridized carbons (Fsp3) is 0.429. The third-order valence-electron chi connectivity index (χ3n) is 2.89. The molecular weight excluding hydrogens is 297 g/mol. The summed E-state index contributed by atoms with van der Waals surface area (Å²) < 4.78 is 19.8. The van der Waals surface area contributed by atoms with Crippen LogP contribution in [0.15, 0.2) is 21.0 Å². The van der Waals surface area contributed by atoms with Gasteiger partial charge in [0.2, 0.25) is 0 Å². The molecule has 0 atom stereocenters. The molecule has 2 rings (SSSR count). The molecule has 0 unspecified atom stereocenters. The number of nitrogens with one attached hydrogen (secondary N) is 1. The number of hydrogen-bond acceptors (Lipinski definition) is 2. The van der Waals surface area contributed by atoms with Crippen LogP contribution in [0.1, 0.15) is 25.2 Å². The first kappa shape index (κ1) is 13.6. The highest BCUT2D eigenvalue weighted by atomic mass is 79.9. The molecule has 0 aliphatic rings. The number of furan rings is 1. The van der Waals surface area contributed by atoms with E-state index in [0.29, 0.717) is 16.9 Å². The molecule has 0 aliphatic carbocycles. The molecule has 4 heteroatoms. The zero-order chi connectivity index (χ0) is 13.3. The van der Waals surface area contributed by atoms with E-state index in [4.69, 9.17) is 4.42 Å². The maximum Gasteiger partial charge on any atom is 0.149 e. The van der Waals surface area contributed by atoms with Gasteiger partial charge in [0, 0.05) is 5.39 Å². The molecule has 0 radical (unpaired) electrons. The highest BCUT2D eigenvalue weighted by Crippen LogP contribution is 2.32. The molecule has 1 aromatic carbocycles. The first-order chi connectivity index (χ1) is 8.49. The minimum Gasteiger partial charge on any atom is -0.458 e. The molecule has 18 heavy (non-hydrogen) atoms. The molecular formula is C14H17BrFNO. The molecule has 1 heterocycles. The molecule has 2 aromatic rings. The Hall–Kier alpha value is -0.870. The lowest BCUT2D eigenvalue weighted by Crippen LogP contribution is -2.18. The Bertz CT molecular complexity index is 562. The predicted octanol–water partition coefficient (Wildman–Crippen LogP) is 4.39. The van der Waals surface area contributed by atoms with E-state index in [1.807, 2.05) is 6.92 Å². The maximum atomic E-state index is 13.4. The Morgan fingerprint density at radius 1 is 1.39 bits per heavy atom. The summed E-state index contributed by atoms with van der Waals surface area (Å²) in [6.45, 7) is 7.89. The molecule has 98 valence electrons. The van der Waals surface area contributed by atoms with E-state index >= 15 is 0 Å². The van der Waals surface area contributed by atoms with Gasteiger partial charge >= 0.3 is 0 Å². The van der Waals surface area contributed by atoms with Gasteiger partial charge in [-0.25, -0.2) is 4.39 Å². The monoisotopic (exact) mass is 313 g/mol. The van der Waals surface area contributed by atoms with Crippen molar-refractivity contribution in [1.82, 2.24) is 5.32 Å². The fourth-order valence-electron chi connectivity index (χ4n) is 1.94. The molecule has 1 N–H and O–H groups in total. The average Bonchev–Trinajstić information content (AvgIpc) is 2.57. The van der Waals surface area contributed by atoms with Crippen LogP contribution in [0, 0.1) is 18.7 Å². The van der Waals surface area contributed by atoms with Crippen LogP contribution < -0.4 is 5.32 Å². The normalized spacial score (nSPS) is 11.7. The first-order valence-electron chi connectivity index (χ1n) is 6.06. The summed E-state index contributed by atoms with van der Waals surface area (Å²) in [7, 11) is 0. The first-order valence-corrected chi connectivity index (χ1v) is 6.86. The average molecular weight is 314 g/mol. The number of hydrogen-bond donors (Lipinski definition) is 1. The van der Waals surface area contributed by atoms with Gasteiger partial charge < -0.3 is 9.73 Å². The van der Waals surface area contributed by atoms with Crippen LogP contribution >= 0.6 is 15.9 Å². The fourth-order valence-corrected chi connectivity index (χ4v) is 2.45. The molecule has 0 amide bonds. The quantitative estimate of drug-likeness (QED) is 0.905. The van der Waals surface area contributed by atoms with Gasteiger partial charge in [0.05, 0.1) is 11.0 Å². The summed E-state index contributed by atoms with van der Waals surface area (Å²) in [5.74, 6) is 1.22. The summed E-state index contributed by atoms with van der Waals surface area (Å²) in [6.07, 6.45) is 0. The van der Waals surface area contributed by atoms with Crippen LogP contribution in [0.2, 0.25) is 0 Å². The molecule has 0 aliphatic heterocycles. The highest BCUT2D eigenvalue weighted by molar-refractivity contribution is 9.10. The van der Waals surface area contributed by atoms with Gasteiger partial charge in [-0.1, -0.05) is 13.8 Å². The van der Waals surface area contributed by atoms with Gasteiger partial charge in [0.25, 0.3) is 0 Å². The van der Waals surface area contributed by atoms with Gasteiger partial charge in [-0.05, 0) is 53.0 Å². The van der Waals surface area contributed by atoms with Crippen molar-refractivity contribution in [2.24, 2.45) is 5.92 Å². The Balaban J connectivity index is 2.30. The predicted molar refractivity (Wildman–Crippen MR) is 75.2 cm³/mol. The van der Waals surface area contributed by atoms with Gasteiger partial charge in [-0.15, -0.1) is 0 Å².